The molecule has 202 valence electrons. The van der Waals surface area contributed by atoms with Gasteiger partial charge in [-0.2, -0.15) is 5.10 Å². The molecular formula is C30H20F2N6O3. The summed E-state index contributed by atoms with van der Waals surface area (Å²) in [5, 5.41) is 7.82. The number of nitrogens with one attached hydrogen (secondary N) is 1. The first-order valence-electron chi connectivity index (χ1n) is 12.7. The minimum absolute atomic E-state index is 0.00368. The van der Waals surface area contributed by atoms with Gasteiger partial charge in [0.1, 0.15) is 52.2 Å². The number of hydrogen-bond acceptors (Lipinski definition) is 7. The SMILES string of the molecule is CC(c1oc2cccc(F)c2c(=O)c1-c1cccc(F)c1)n1nc(-c2ccc3c(c2)C(=O)NC3)c2c(N)ncnc21. The number of nitrogen functional groups attached to an aromatic ring is 1. The lowest BCUT2D eigenvalue weighted by Crippen LogP contribution is -2.17. The van der Waals surface area contributed by atoms with Crippen LogP contribution < -0.4 is 16.5 Å². The van der Waals surface area contributed by atoms with Crippen LogP contribution in [0.2, 0.25) is 0 Å². The van der Waals surface area contributed by atoms with Gasteiger partial charge < -0.3 is 15.5 Å². The minimum Gasteiger partial charge on any atom is -0.458 e. The molecule has 1 amide bonds. The molecule has 0 spiro atoms. The summed E-state index contributed by atoms with van der Waals surface area (Å²) in [6.45, 7) is 2.17. The fraction of sp³-hybridized carbons (Fsp3) is 0.100. The van der Waals surface area contributed by atoms with Crippen LogP contribution in [0.5, 0.6) is 0 Å². The van der Waals surface area contributed by atoms with Crippen molar-refractivity contribution in [1.82, 2.24) is 25.1 Å². The first-order valence-corrected chi connectivity index (χ1v) is 12.7. The predicted molar refractivity (Wildman–Crippen MR) is 148 cm³/mol. The van der Waals surface area contributed by atoms with Crippen molar-refractivity contribution < 1.29 is 18.0 Å². The van der Waals surface area contributed by atoms with Crippen molar-refractivity contribution in [3.05, 3.63) is 106 Å². The second kappa shape index (κ2) is 9.05. The van der Waals surface area contributed by atoms with Gasteiger partial charge in [0.25, 0.3) is 5.91 Å². The molecule has 0 saturated heterocycles. The zero-order chi connectivity index (χ0) is 28.4. The summed E-state index contributed by atoms with van der Waals surface area (Å²) in [6.07, 6.45) is 1.29. The van der Waals surface area contributed by atoms with Gasteiger partial charge in [0.2, 0.25) is 5.43 Å². The van der Waals surface area contributed by atoms with Crippen LogP contribution >= 0.6 is 0 Å². The van der Waals surface area contributed by atoms with Crippen LogP contribution in [0.25, 0.3) is 44.4 Å². The van der Waals surface area contributed by atoms with E-state index in [1.54, 1.807) is 19.1 Å². The molecule has 1 unspecified atom stereocenters. The summed E-state index contributed by atoms with van der Waals surface area (Å²) >= 11 is 0. The molecular weight excluding hydrogens is 530 g/mol. The third-order valence-electron chi connectivity index (χ3n) is 7.34. The highest BCUT2D eigenvalue weighted by atomic mass is 19.1. The average Bonchev–Trinajstić information content (AvgIpc) is 3.54. The Morgan fingerprint density at radius 2 is 1.83 bits per heavy atom. The number of anilines is 1. The van der Waals surface area contributed by atoms with E-state index in [1.807, 2.05) is 12.1 Å². The smallest absolute Gasteiger partial charge is 0.251 e. The van der Waals surface area contributed by atoms with Crippen molar-refractivity contribution in [1.29, 1.82) is 0 Å². The molecule has 41 heavy (non-hydrogen) atoms. The highest BCUT2D eigenvalue weighted by Gasteiger charge is 2.28. The third-order valence-corrected chi connectivity index (χ3v) is 7.34. The number of benzene rings is 3. The number of carbonyl (C=O) groups excluding carboxylic acids is 1. The quantitative estimate of drug-likeness (QED) is 0.317. The summed E-state index contributed by atoms with van der Waals surface area (Å²) in [7, 11) is 0. The van der Waals surface area contributed by atoms with Gasteiger partial charge in [-0.05, 0) is 48.4 Å². The normalized spacial score (nSPS) is 13.5. The highest BCUT2D eigenvalue weighted by Crippen LogP contribution is 2.37. The maximum Gasteiger partial charge on any atom is 0.251 e. The Bertz CT molecular complexity index is 2120. The van der Waals surface area contributed by atoms with E-state index >= 15 is 0 Å². The molecule has 0 bridgehead atoms. The average molecular weight is 551 g/mol. The second-order valence-electron chi connectivity index (χ2n) is 9.78. The minimum atomic E-state index is -0.795. The number of hydrogen-bond donors (Lipinski definition) is 2. The van der Waals surface area contributed by atoms with Crippen molar-refractivity contribution in [3.8, 4) is 22.4 Å². The van der Waals surface area contributed by atoms with Gasteiger partial charge >= 0.3 is 0 Å². The number of rotatable bonds is 4. The van der Waals surface area contributed by atoms with Gasteiger partial charge in [-0.25, -0.2) is 23.4 Å². The highest BCUT2D eigenvalue weighted by molar-refractivity contribution is 6.02. The number of fused-ring (bicyclic) bond motifs is 3. The van der Waals surface area contributed by atoms with Crippen LogP contribution in [-0.4, -0.2) is 25.7 Å². The van der Waals surface area contributed by atoms with E-state index in [0.717, 1.165) is 5.56 Å². The van der Waals surface area contributed by atoms with Crippen molar-refractivity contribution in [2.24, 2.45) is 0 Å². The van der Waals surface area contributed by atoms with Gasteiger partial charge in [-0.1, -0.05) is 30.3 Å². The van der Waals surface area contributed by atoms with Gasteiger partial charge in [-0.3, -0.25) is 9.59 Å². The van der Waals surface area contributed by atoms with E-state index in [0.29, 0.717) is 34.4 Å². The zero-order valence-corrected chi connectivity index (χ0v) is 21.5. The molecule has 7 rings (SSSR count). The summed E-state index contributed by atoms with van der Waals surface area (Å²) in [5.74, 6) is -1.21. The summed E-state index contributed by atoms with van der Waals surface area (Å²) in [5.41, 5.74) is 8.69. The summed E-state index contributed by atoms with van der Waals surface area (Å²) in [4.78, 5) is 34.7. The number of nitrogens with two attached hydrogens (primary N) is 1. The molecule has 3 aromatic heterocycles. The number of aromatic nitrogens is 4. The van der Waals surface area contributed by atoms with Crippen LogP contribution in [-0.2, 0) is 6.54 Å². The molecule has 1 atom stereocenters. The first-order chi connectivity index (χ1) is 19.8. The van der Waals surface area contributed by atoms with E-state index < -0.39 is 23.1 Å². The van der Waals surface area contributed by atoms with E-state index in [1.165, 1.54) is 47.4 Å². The van der Waals surface area contributed by atoms with E-state index in [9.17, 15) is 18.4 Å². The number of amides is 1. The lowest BCUT2D eigenvalue weighted by molar-refractivity contribution is 0.0965. The molecule has 3 aromatic carbocycles. The molecule has 1 aliphatic rings. The van der Waals surface area contributed by atoms with E-state index in [-0.39, 0.29) is 39.6 Å². The van der Waals surface area contributed by atoms with Crippen molar-refractivity contribution in [2.75, 3.05) is 5.73 Å². The molecule has 1 aliphatic heterocycles. The Labute approximate surface area is 230 Å². The van der Waals surface area contributed by atoms with Crippen molar-refractivity contribution in [3.63, 3.8) is 0 Å². The Morgan fingerprint density at radius 3 is 2.66 bits per heavy atom. The Kier molecular flexibility index (Phi) is 5.43. The monoisotopic (exact) mass is 550 g/mol. The molecule has 0 aliphatic carbocycles. The molecule has 3 N–H and O–H groups in total. The molecule has 6 aromatic rings. The Balaban J connectivity index is 1.50. The number of carbonyl (C=O) groups is 1. The maximum absolute atomic E-state index is 14.8. The third kappa shape index (κ3) is 3.77. The second-order valence-corrected chi connectivity index (χ2v) is 9.78. The molecule has 0 saturated carbocycles. The summed E-state index contributed by atoms with van der Waals surface area (Å²) < 4.78 is 36.9. The molecule has 0 fully saturated rings. The van der Waals surface area contributed by atoms with Crippen molar-refractivity contribution in [2.45, 2.75) is 19.5 Å². The molecule has 11 heteroatoms. The first kappa shape index (κ1) is 24.6. The molecule has 0 radical (unpaired) electrons. The lowest BCUT2D eigenvalue weighted by Gasteiger charge is -2.17. The Morgan fingerprint density at radius 1 is 1.00 bits per heavy atom. The van der Waals surface area contributed by atoms with Crippen LogP contribution in [0.4, 0.5) is 14.6 Å². The van der Waals surface area contributed by atoms with Crippen LogP contribution in [0.1, 0.15) is 34.6 Å². The summed E-state index contributed by atoms with van der Waals surface area (Å²) in [6, 6.07) is 14.2. The predicted octanol–water partition coefficient (Wildman–Crippen LogP) is 4.98. The number of halogens is 2. The fourth-order valence-electron chi connectivity index (χ4n) is 5.37. The van der Waals surface area contributed by atoms with Crippen LogP contribution in [0.3, 0.4) is 0 Å². The van der Waals surface area contributed by atoms with E-state index in [4.69, 9.17) is 15.2 Å². The molecule has 9 nitrogen and oxygen atoms in total. The van der Waals surface area contributed by atoms with Gasteiger partial charge in [0.15, 0.2) is 5.65 Å². The largest absolute Gasteiger partial charge is 0.458 e. The van der Waals surface area contributed by atoms with Gasteiger partial charge in [0.05, 0.1) is 10.9 Å². The van der Waals surface area contributed by atoms with Crippen LogP contribution in [0.15, 0.2) is 76.2 Å². The molecule has 4 heterocycles. The number of nitrogens with zero attached hydrogens (tertiary/aromatic N) is 4. The maximum atomic E-state index is 14.8. The fourth-order valence-corrected chi connectivity index (χ4v) is 5.37. The zero-order valence-electron chi connectivity index (χ0n) is 21.5. The van der Waals surface area contributed by atoms with Crippen molar-refractivity contribution >= 4 is 33.7 Å². The van der Waals surface area contributed by atoms with Gasteiger partial charge in [0, 0.05) is 17.7 Å². The topological polar surface area (TPSA) is 129 Å². The standard InChI is InChI=1S/C30H20F2N6O3/c1-14(27-22(15-4-2-5-18(31)10-15)26(39)23-20(32)6-3-7-21(23)41-27)38-29-24(28(33)35-13-36-29)25(37-38)16-8-9-17-12-34-30(40)19(17)11-16/h2-11,13-14H,12H2,1H3,(H,34,40)(H2,33,35,36). The van der Waals surface area contributed by atoms with Crippen LogP contribution in [0, 0.1) is 11.6 Å². The van der Waals surface area contributed by atoms with Gasteiger partial charge in [-0.15, -0.1) is 0 Å². The Hall–Kier alpha value is -5.45. The lowest BCUT2D eigenvalue weighted by atomic mass is 9.99. The van der Waals surface area contributed by atoms with E-state index in [2.05, 4.69) is 15.3 Å².